The first-order valence-corrected chi connectivity index (χ1v) is 7.61. The molecule has 0 aliphatic heterocycles. The van der Waals surface area contributed by atoms with E-state index in [1.807, 2.05) is 32.0 Å². The number of carboxylic acids is 1. The molecule has 0 spiro atoms. The zero-order chi connectivity index (χ0) is 16.2. The van der Waals surface area contributed by atoms with Gasteiger partial charge >= 0.3 is 5.97 Å². The summed E-state index contributed by atoms with van der Waals surface area (Å²) in [5.74, 6) is -1.09. The van der Waals surface area contributed by atoms with Crippen LogP contribution < -0.4 is 11.1 Å². The fourth-order valence-electron chi connectivity index (χ4n) is 1.65. The van der Waals surface area contributed by atoms with Gasteiger partial charge in [0.1, 0.15) is 6.04 Å². The molecule has 1 rings (SSSR count). The van der Waals surface area contributed by atoms with Gasteiger partial charge in [0.25, 0.3) is 0 Å². The Kier molecular flexibility index (Phi) is 5.80. The Labute approximate surface area is 129 Å². The molecular formula is C15H22N2O3S. The third kappa shape index (κ3) is 5.06. The summed E-state index contributed by atoms with van der Waals surface area (Å²) in [5, 5.41) is 11.7. The minimum Gasteiger partial charge on any atom is -0.480 e. The predicted molar refractivity (Wildman–Crippen MR) is 86.7 cm³/mol. The number of hydrogen-bond acceptors (Lipinski definition) is 4. The molecule has 0 heterocycles. The van der Waals surface area contributed by atoms with Gasteiger partial charge in [0.15, 0.2) is 0 Å². The number of aliphatic carboxylic acids is 1. The third-order valence-corrected chi connectivity index (χ3v) is 4.79. The zero-order valence-electron chi connectivity index (χ0n) is 12.8. The Hall–Kier alpha value is -1.53. The highest BCUT2D eigenvalue weighted by molar-refractivity contribution is 8.01. The van der Waals surface area contributed by atoms with Gasteiger partial charge in [-0.05, 0) is 51.0 Å². The molecule has 21 heavy (non-hydrogen) atoms. The Morgan fingerprint density at radius 2 is 1.95 bits per heavy atom. The number of nitrogens with two attached hydrogens (primary N) is 1. The van der Waals surface area contributed by atoms with Crippen molar-refractivity contribution in [2.45, 2.75) is 38.5 Å². The SMILES string of the molecule is Cc1ccc(NC(=O)CSC(C)(C)[C@@H](N)C(=O)O)cc1C. The quantitative estimate of drug-likeness (QED) is 0.749. The first-order chi connectivity index (χ1) is 9.63. The van der Waals surface area contributed by atoms with Crippen LogP contribution in [0.2, 0.25) is 0 Å². The standard InChI is InChI=1S/C15H22N2O3S/c1-9-5-6-11(7-10(9)2)17-12(18)8-21-15(3,4)13(16)14(19)20/h5-7,13H,8,16H2,1-4H3,(H,17,18)(H,19,20)/t13-/m0/s1. The molecule has 5 nitrogen and oxygen atoms in total. The van der Waals surface area contributed by atoms with E-state index in [4.69, 9.17) is 10.8 Å². The number of benzene rings is 1. The molecule has 1 atom stereocenters. The molecule has 1 aromatic rings. The van der Waals surface area contributed by atoms with Gasteiger partial charge in [-0.15, -0.1) is 11.8 Å². The Morgan fingerprint density at radius 3 is 2.48 bits per heavy atom. The summed E-state index contributed by atoms with van der Waals surface area (Å²) in [6.45, 7) is 7.43. The van der Waals surface area contributed by atoms with Crippen LogP contribution in [0.1, 0.15) is 25.0 Å². The summed E-state index contributed by atoms with van der Waals surface area (Å²) in [6, 6.07) is 4.69. The first kappa shape index (κ1) is 17.5. The molecule has 0 aliphatic carbocycles. The van der Waals surface area contributed by atoms with E-state index in [9.17, 15) is 9.59 Å². The van der Waals surface area contributed by atoms with Crippen LogP contribution in [0.15, 0.2) is 18.2 Å². The second-order valence-corrected chi connectivity index (χ2v) is 7.18. The average molecular weight is 310 g/mol. The van der Waals surface area contributed by atoms with Crippen LogP contribution in [0.25, 0.3) is 0 Å². The average Bonchev–Trinajstić information content (AvgIpc) is 2.40. The Bertz CT molecular complexity index is 544. The van der Waals surface area contributed by atoms with Crippen molar-refractivity contribution in [1.29, 1.82) is 0 Å². The number of thioether (sulfide) groups is 1. The molecule has 1 amide bonds. The summed E-state index contributed by atoms with van der Waals surface area (Å²) >= 11 is 1.23. The van der Waals surface area contributed by atoms with Gasteiger partial charge in [-0.2, -0.15) is 0 Å². The van der Waals surface area contributed by atoms with Crippen molar-refractivity contribution < 1.29 is 14.7 Å². The smallest absolute Gasteiger partial charge is 0.321 e. The Balaban J connectivity index is 2.58. The van der Waals surface area contributed by atoms with Gasteiger partial charge in [-0.25, -0.2) is 0 Å². The lowest BCUT2D eigenvalue weighted by Crippen LogP contribution is -2.47. The number of rotatable bonds is 6. The van der Waals surface area contributed by atoms with Crippen LogP contribution >= 0.6 is 11.8 Å². The van der Waals surface area contributed by atoms with Crippen LogP contribution in [0.5, 0.6) is 0 Å². The summed E-state index contributed by atoms with van der Waals surface area (Å²) in [6.07, 6.45) is 0. The molecule has 0 saturated carbocycles. The number of carbonyl (C=O) groups is 2. The summed E-state index contributed by atoms with van der Waals surface area (Å²) in [7, 11) is 0. The second kappa shape index (κ2) is 6.95. The number of carbonyl (C=O) groups excluding carboxylic acids is 1. The minimum absolute atomic E-state index is 0.154. The van der Waals surface area contributed by atoms with E-state index in [0.29, 0.717) is 0 Å². The van der Waals surface area contributed by atoms with Crippen molar-refractivity contribution in [3.8, 4) is 0 Å². The summed E-state index contributed by atoms with van der Waals surface area (Å²) in [4.78, 5) is 22.8. The molecule has 0 bridgehead atoms. The van der Waals surface area contributed by atoms with E-state index in [-0.39, 0.29) is 11.7 Å². The molecular weight excluding hydrogens is 288 g/mol. The van der Waals surface area contributed by atoms with Gasteiger partial charge in [-0.1, -0.05) is 6.07 Å². The van der Waals surface area contributed by atoms with Gasteiger partial charge in [-0.3, -0.25) is 9.59 Å². The second-order valence-electron chi connectivity index (χ2n) is 5.56. The zero-order valence-corrected chi connectivity index (χ0v) is 13.6. The monoisotopic (exact) mass is 310 g/mol. The van der Waals surface area contributed by atoms with E-state index in [2.05, 4.69) is 5.32 Å². The maximum atomic E-state index is 11.9. The molecule has 0 saturated heterocycles. The molecule has 0 unspecified atom stereocenters. The van der Waals surface area contributed by atoms with Crippen molar-refractivity contribution in [2.75, 3.05) is 11.1 Å². The lowest BCUT2D eigenvalue weighted by atomic mass is 10.1. The van der Waals surface area contributed by atoms with Gasteiger partial charge < -0.3 is 16.2 Å². The molecule has 6 heteroatoms. The van der Waals surface area contributed by atoms with Crippen molar-refractivity contribution in [2.24, 2.45) is 5.73 Å². The van der Waals surface area contributed by atoms with E-state index >= 15 is 0 Å². The van der Waals surface area contributed by atoms with Gasteiger partial charge in [0.05, 0.1) is 5.75 Å². The maximum Gasteiger partial charge on any atom is 0.321 e. The third-order valence-electron chi connectivity index (χ3n) is 3.38. The van der Waals surface area contributed by atoms with E-state index in [0.717, 1.165) is 16.8 Å². The normalized spacial score (nSPS) is 12.8. The molecule has 0 radical (unpaired) electrons. The summed E-state index contributed by atoms with van der Waals surface area (Å²) in [5.41, 5.74) is 8.63. The largest absolute Gasteiger partial charge is 0.480 e. The summed E-state index contributed by atoms with van der Waals surface area (Å²) < 4.78 is -0.716. The lowest BCUT2D eigenvalue weighted by Gasteiger charge is -2.27. The number of nitrogens with one attached hydrogen (secondary N) is 1. The van der Waals surface area contributed by atoms with Crippen molar-refractivity contribution in [3.63, 3.8) is 0 Å². The van der Waals surface area contributed by atoms with E-state index in [1.165, 1.54) is 11.8 Å². The highest BCUT2D eigenvalue weighted by Gasteiger charge is 2.33. The number of carboxylic acid groups (broad SMARTS) is 1. The van der Waals surface area contributed by atoms with Gasteiger partial charge in [0, 0.05) is 10.4 Å². The fraction of sp³-hybridized carbons (Fsp3) is 0.467. The van der Waals surface area contributed by atoms with E-state index < -0.39 is 16.8 Å². The topological polar surface area (TPSA) is 92.4 Å². The number of anilines is 1. The van der Waals surface area contributed by atoms with Crippen LogP contribution in [0.4, 0.5) is 5.69 Å². The molecule has 116 valence electrons. The highest BCUT2D eigenvalue weighted by atomic mass is 32.2. The number of hydrogen-bond donors (Lipinski definition) is 3. The van der Waals surface area contributed by atoms with Gasteiger partial charge in [0.2, 0.25) is 5.91 Å². The highest BCUT2D eigenvalue weighted by Crippen LogP contribution is 2.27. The van der Waals surface area contributed by atoms with Crippen molar-refractivity contribution in [3.05, 3.63) is 29.3 Å². The lowest BCUT2D eigenvalue weighted by molar-refractivity contribution is -0.139. The van der Waals surface area contributed by atoms with Crippen molar-refractivity contribution in [1.82, 2.24) is 0 Å². The van der Waals surface area contributed by atoms with Crippen LogP contribution in [0, 0.1) is 13.8 Å². The van der Waals surface area contributed by atoms with E-state index in [1.54, 1.807) is 13.8 Å². The van der Waals surface area contributed by atoms with Crippen LogP contribution in [-0.2, 0) is 9.59 Å². The Morgan fingerprint density at radius 1 is 1.33 bits per heavy atom. The molecule has 1 aromatic carbocycles. The molecule has 4 N–H and O–H groups in total. The number of amides is 1. The fourth-order valence-corrected chi connectivity index (χ4v) is 2.51. The first-order valence-electron chi connectivity index (χ1n) is 6.63. The minimum atomic E-state index is -1.07. The predicted octanol–water partition coefficient (Wildman–Crippen LogP) is 2.17. The maximum absolute atomic E-state index is 11.9. The van der Waals surface area contributed by atoms with Crippen LogP contribution in [0.3, 0.4) is 0 Å². The molecule has 0 aliphatic rings. The number of aryl methyl sites for hydroxylation is 2. The molecule has 0 aromatic heterocycles. The van der Waals surface area contributed by atoms with Crippen molar-refractivity contribution >= 4 is 29.3 Å². The molecule has 0 fully saturated rings. The van der Waals surface area contributed by atoms with Crippen LogP contribution in [-0.4, -0.2) is 33.5 Å².